The highest BCUT2D eigenvalue weighted by molar-refractivity contribution is 7.87. The highest BCUT2D eigenvalue weighted by atomic mass is 35.5. The molecular formula is C29H31Cl2FN2O5S. The number of carbonyl (C=O) groups is 1. The van der Waals surface area contributed by atoms with Crippen LogP contribution in [0.25, 0.3) is 0 Å². The summed E-state index contributed by atoms with van der Waals surface area (Å²) in [6, 6.07) is 14.6. The molecule has 3 aromatic carbocycles. The number of amides is 1. The molecule has 0 radical (unpaired) electrons. The molecule has 1 aliphatic heterocycles. The fraction of sp³-hybridized carbons (Fsp3) is 0.345. The van der Waals surface area contributed by atoms with Crippen LogP contribution in [0.2, 0.25) is 10.0 Å². The Kier molecular flexibility index (Phi) is 9.94. The summed E-state index contributed by atoms with van der Waals surface area (Å²) in [5.41, 5.74) is 1.40. The predicted octanol–water partition coefficient (Wildman–Crippen LogP) is 6.57. The molecule has 1 heterocycles. The molecule has 0 N–H and O–H groups in total. The van der Waals surface area contributed by atoms with E-state index in [1.807, 2.05) is 24.8 Å². The van der Waals surface area contributed by atoms with Crippen LogP contribution in [0.4, 0.5) is 10.1 Å². The zero-order chi connectivity index (χ0) is 28.9. The zero-order valence-corrected chi connectivity index (χ0v) is 24.6. The van der Waals surface area contributed by atoms with E-state index in [4.69, 9.17) is 32.1 Å². The molecule has 3 aromatic rings. The number of carbonyl (C=O) groups excluding carboxylic acids is 1. The van der Waals surface area contributed by atoms with Gasteiger partial charge in [-0.2, -0.15) is 8.42 Å². The third-order valence-corrected chi connectivity index (χ3v) is 8.70. The van der Waals surface area contributed by atoms with Gasteiger partial charge in [-0.1, -0.05) is 35.3 Å². The average molecular weight is 610 g/mol. The smallest absolute Gasteiger partial charge is 0.339 e. The van der Waals surface area contributed by atoms with Gasteiger partial charge >= 0.3 is 10.1 Å². The second-order valence-electron chi connectivity index (χ2n) is 9.41. The van der Waals surface area contributed by atoms with E-state index in [-0.39, 0.29) is 45.4 Å². The third-order valence-electron chi connectivity index (χ3n) is 6.73. The first-order chi connectivity index (χ1) is 19.1. The van der Waals surface area contributed by atoms with Crippen molar-refractivity contribution in [3.05, 3.63) is 87.7 Å². The first-order valence-corrected chi connectivity index (χ1v) is 15.2. The number of anilines is 1. The number of rotatable bonds is 11. The molecule has 0 saturated carbocycles. The van der Waals surface area contributed by atoms with Gasteiger partial charge in [0.05, 0.1) is 16.1 Å². The van der Waals surface area contributed by atoms with Crippen molar-refractivity contribution in [3.63, 3.8) is 0 Å². The van der Waals surface area contributed by atoms with Crippen LogP contribution in [0.3, 0.4) is 0 Å². The Morgan fingerprint density at radius 1 is 1.05 bits per heavy atom. The van der Waals surface area contributed by atoms with Crippen LogP contribution >= 0.6 is 23.2 Å². The van der Waals surface area contributed by atoms with Gasteiger partial charge in [0, 0.05) is 55.7 Å². The summed E-state index contributed by atoms with van der Waals surface area (Å²) in [6.07, 6.45) is 1.47. The van der Waals surface area contributed by atoms with Gasteiger partial charge in [0.25, 0.3) is 5.91 Å². The Hall–Kier alpha value is -2.85. The lowest BCUT2D eigenvalue weighted by Gasteiger charge is -2.27. The summed E-state index contributed by atoms with van der Waals surface area (Å²) in [7, 11) is -4.31. The maximum atomic E-state index is 14.0. The van der Waals surface area contributed by atoms with Gasteiger partial charge < -0.3 is 18.7 Å². The fourth-order valence-corrected chi connectivity index (χ4v) is 5.95. The molecule has 0 aromatic heterocycles. The van der Waals surface area contributed by atoms with Crippen molar-refractivity contribution in [3.8, 4) is 5.75 Å². The van der Waals surface area contributed by atoms with Crippen LogP contribution in [0.5, 0.6) is 5.75 Å². The fourth-order valence-electron chi connectivity index (χ4n) is 4.60. The van der Waals surface area contributed by atoms with Gasteiger partial charge in [-0.25, -0.2) is 4.39 Å². The summed E-state index contributed by atoms with van der Waals surface area (Å²) < 4.78 is 52.1. The van der Waals surface area contributed by atoms with Crippen molar-refractivity contribution < 1.29 is 26.5 Å². The minimum Gasteiger partial charge on any atom is -0.379 e. The van der Waals surface area contributed by atoms with E-state index in [1.54, 1.807) is 18.2 Å². The third kappa shape index (κ3) is 7.26. The molecule has 1 fully saturated rings. The van der Waals surface area contributed by atoms with Gasteiger partial charge in [0.15, 0.2) is 0 Å². The summed E-state index contributed by atoms with van der Waals surface area (Å²) >= 11 is 12.0. The molecule has 40 heavy (non-hydrogen) atoms. The molecule has 1 atom stereocenters. The number of hydrogen-bond donors (Lipinski definition) is 0. The molecular weight excluding hydrogens is 578 g/mol. The summed E-state index contributed by atoms with van der Waals surface area (Å²) in [5, 5.41) is 0.289. The molecule has 1 aliphatic rings. The quantitative estimate of drug-likeness (QED) is 0.229. The van der Waals surface area contributed by atoms with Gasteiger partial charge in [0.2, 0.25) is 0 Å². The Labute approximate surface area is 244 Å². The van der Waals surface area contributed by atoms with E-state index in [9.17, 15) is 17.6 Å². The van der Waals surface area contributed by atoms with Gasteiger partial charge in [-0.15, -0.1) is 0 Å². The number of ether oxygens (including phenoxy) is 1. The molecule has 0 unspecified atom stereocenters. The lowest BCUT2D eigenvalue weighted by molar-refractivity contribution is 0.0506. The monoisotopic (exact) mass is 608 g/mol. The molecule has 1 saturated heterocycles. The van der Waals surface area contributed by atoms with Crippen LogP contribution in [0.1, 0.15) is 42.6 Å². The van der Waals surface area contributed by atoms with Gasteiger partial charge in [-0.3, -0.25) is 4.79 Å². The average Bonchev–Trinajstić information content (AvgIpc) is 3.44. The molecule has 0 bridgehead atoms. The normalized spacial score (nSPS) is 15.2. The van der Waals surface area contributed by atoms with E-state index in [0.29, 0.717) is 25.3 Å². The molecule has 1 amide bonds. The van der Waals surface area contributed by atoms with Crippen molar-refractivity contribution in [1.82, 2.24) is 4.90 Å². The Morgan fingerprint density at radius 2 is 1.82 bits per heavy atom. The minimum atomic E-state index is -4.31. The molecule has 0 spiro atoms. The Morgan fingerprint density at radius 3 is 2.48 bits per heavy atom. The van der Waals surface area contributed by atoms with E-state index < -0.39 is 21.8 Å². The van der Waals surface area contributed by atoms with Crippen molar-refractivity contribution >= 4 is 44.9 Å². The zero-order valence-electron chi connectivity index (χ0n) is 22.3. The topological polar surface area (TPSA) is 76.2 Å². The largest absolute Gasteiger partial charge is 0.379 e. The van der Waals surface area contributed by atoms with Crippen LogP contribution in [0, 0.1) is 5.82 Å². The second kappa shape index (κ2) is 13.2. The van der Waals surface area contributed by atoms with Gasteiger partial charge in [-0.05, 0) is 69.2 Å². The van der Waals surface area contributed by atoms with E-state index in [0.717, 1.165) is 18.5 Å². The van der Waals surface area contributed by atoms with E-state index in [1.165, 1.54) is 41.3 Å². The summed E-state index contributed by atoms with van der Waals surface area (Å²) in [5.74, 6) is -0.857. The van der Waals surface area contributed by atoms with Gasteiger partial charge in [0.1, 0.15) is 16.5 Å². The van der Waals surface area contributed by atoms with Crippen molar-refractivity contribution in [2.45, 2.75) is 44.2 Å². The maximum absolute atomic E-state index is 14.0. The number of halogens is 3. The van der Waals surface area contributed by atoms with Crippen molar-refractivity contribution in [2.75, 3.05) is 31.1 Å². The molecule has 214 valence electrons. The van der Waals surface area contributed by atoms with E-state index >= 15 is 0 Å². The maximum Gasteiger partial charge on any atom is 0.339 e. The van der Waals surface area contributed by atoms with Crippen LogP contribution < -0.4 is 9.08 Å². The summed E-state index contributed by atoms with van der Waals surface area (Å²) in [6.45, 7) is 6.24. The standard InChI is InChI=1S/C29H31Cl2FN2O5S/c1-3-33(4-2)23-11-10-21(28(16-23)39-40(36,37)25-12-13-26(30)27(31)17-25)18-34(19-24-9-6-14-38-24)29(35)20-7-5-8-22(32)15-20/h5,7-8,10-13,15-17,24H,3-4,6,9,14,18-19H2,1-2H3/t24-/m0/s1. The lowest BCUT2D eigenvalue weighted by atomic mass is 10.1. The van der Waals surface area contributed by atoms with Crippen LogP contribution in [-0.2, 0) is 21.4 Å². The Bertz CT molecular complexity index is 1460. The number of hydrogen-bond acceptors (Lipinski definition) is 6. The SMILES string of the molecule is CCN(CC)c1ccc(CN(C[C@@H]2CCCO2)C(=O)c2cccc(F)c2)c(OS(=O)(=O)c2ccc(Cl)c(Cl)c2)c1. The van der Waals surface area contributed by atoms with Crippen LogP contribution in [0.15, 0.2) is 65.6 Å². The lowest BCUT2D eigenvalue weighted by Crippen LogP contribution is -2.37. The highest BCUT2D eigenvalue weighted by Crippen LogP contribution is 2.32. The van der Waals surface area contributed by atoms with Crippen molar-refractivity contribution in [1.29, 1.82) is 0 Å². The first-order valence-electron chi connectivity index (χ1n) is 13.0. The predicted molar refractivity (Wildman–Crippen MR) is 154 cm³/mol. The second-order valence-corrected chi connectivity index (χ2v) is 11.8. The molecule has 7 nitrogen and oxygen atoms in total. The first kappa shape index (κ1) is 30.1. The minimum absolute atomic E-state index is 0.0139. The number of nitrogens with zero attached hydrogens (tertiary/aromatic N) is 2. The van der Waals surface area contributed by atoms with Crippen LogP contribution in [-0.4, -0.2) is 51.6 Å². The molecule has 0 aliphatic carbocycles. The molecule has 4 rings (SSSR count). The number of benzene rings is 3. The van der Waals surface area contributed by atoms with E-state index in [2.05, 4.69) is 0 Å². The highest BCUT2D eigenvalue weighted by Gasteiger charge is 2.27. The molecule has 11 heteroatoms. The summed E-state index contributed by atoms with van der Waals surface area (Å²) in [4.78, 5) is 17.0. The Balaban J connectivity index is 1.73. The van der Waals surface area contributed by atoms with Crippen molar-refractivity contribution in [2.24, 2.45) is 0 Å².